The molecule has 0 radical (unpaired) electrons. The van der Waals surface area contributed by atoms with Crippen LogP contribution in [0.5, 0.6) is 0 Å². The van der Waals surface area contributed by atoms with Crippen LogP contribution in [0.25, 0.3) is 0 Å². The Morgan fingerprint density at radius 1 is 1.12 bits per heavy atom. The molecule has 0 aromatic carbocycles. The van der Waals surface area contributed by atoms with E-state index in [9.17, 15) is 0 Å². The minimum Gasteiger partial charge on any atom is -0.326 e. The Bertz CT molecular complexity index is 291. The summed E-state index contributed by atoms with van der Waals surface area (Å²) in [6.07, 6.45) is 3.81. The minimum atomic E-state index is -3.13. The number of thioether (sulfide) groups is 1. The molecule has 0 amide bonds. The van der Waals surface area contributed by atoms with Crippen LogP contribution in [0.2, 0.25) is 0 Å². The van der Waals surface area contributed by atoms with Gasteiger partial charge in [0, 0.05) is 6.20 Å². The summed E-state index contributed by atoms with van der Waals surface area (Å²) in [7, 11) is -6.26. The van der Waals surface area contributed by atoms with Gasteiger partial charge in [-0.15, -0.1) is 11.8 Å². The number of aromatic nitrogens is 1. The van der Waals surface area contributed by atoms with E-state index in [1.807, 2.05) is 24.5 Å². The predicted molar refractivity (Wildman–Crippen MR) is 62.9 cm³/mol. The average molecular weight is 289 g/mol. The van der Waals surface area contributed by atoms with Crippen molar-refractivity contribution in [2.24, 2.45) is 0 Å². The molecular weight excluding hydrogens is 276 g/mol. The first kappa shape index (κ1) is 18.2. The Labute approximate surface area is 98.1 Å². The van der Waals surface area contributed by atoms with Crippen LogP contribution in [0.1, 0.15) is 0 Å². The molecule has 0 atom stereocenters. The first-order valence-electron chi connectivity index (χ1n) is 3.69. The van der Waals surface area contributed by atoms with Gasteiger partial charge in [0.1, 0.15) is 0 Å². The highest BCUT2D eigenvalue weighted by Gasteiger charge is 1.82. The van der Waals surface area contributed by atoms with Gasteiger partial charge in [0.2, 0.25) is 0 Å². The maximum Gasteiger partial charge on any atom is 0.314 e. The fourth-order valence-electron chi connectivity index (χ4n) is 0.468. The molecule has 0 aliphatic heterocycles. The van der Waals surface area contributed by atoms with Gasteiger partial charge >= 0.3 is 16.5 Å². The summed E-state index contributed by atoms with van der Waals surface area (Å²) < 4.78 is 17.5. The summed E-state index contributed by atoms with van der Waals surface area (Å²) in [5.41, 5.74) is 0. The maximum atomic E-state index is 8.74. The van der Waals surface area contributed by atoms with Gasteiger partial charge in [-0.3, -0.25) is 9.13 Å². The van der Waals surface area contributed by atoms with Crippen LogP contribution in [0, 0.1) is 0 Å². The highest BCUT2D eigenvalue weighted by molar-refractivity contribution is 7.98. The minimum absolute atomic E-state index is 1.08. The molecule has 0 spiro atoms. The Kier molecular flexibility index (Phi) is 14.6. The van der Waals surface area contributed by atoms with Crippen molar-refractivity contribution in [2.75, 3.05) is 6.26 Å². The molecule has 0 saturated carbocycles. The van der Waals surface area contributed by atoms with E-state index in [0.717, 1.165) is 5.03 Å². The summed E-state index contributed by atoms with van der Waals surface area (Å²) in [6.45, 7) is 0. The average Bonchev–Trinajstić information content (AvgIpc) is 2.17. The van der Waals surface area contributed by atoms with E-state index < -0.39 is 16.5 Å². The number of nitrogens with zero attached hydrogens (tertiary/aromatic N) is 1. The number of hydrogen-bond acceptors (Lipinski definition) is 4. The van der Waals surface area contributed by atoms with E-state index >= 15 is 0 Å². The Hall–Kier alpha value is -0.200. The smallest absolute Gasteiger partial charge is 0.314 e. The van der Waals surface area contributed by atoms with Gasteiger partial charge < -0.3 is 19.6 Å². The lowest BCUT2D eigenvalue weighted by Gasteiger charge is -1.88. The fraction of sp³-hybridized carbons (Fsp3) is 0.167. The van der Waals surface area contributed by atoms with Gasteiger partial charge in [-0.1, -0.05) is 6.07 Å². The molecule has 0 bridgehead atoms. The topological polar surface area (TPSA) is 128 Å². The van der Waals surface area contributed by atoms with E-state index in [0.29, 0.717) is 0 Å². The number of hydrogen-bond donors (Lipinski definition) is 4. The molecule has 0 aliphatic rings. The molecule has 1 heterocycles. The van der Waals surface area contributed by atoms with Crippen LogP contribution in [0.3, 0.4) is 0 Å². The highest BCUT2D eigenvalue weighted by atomic mass is 32.2. The van der Waals surface area contributed by atoms with Crippen molar-refractivity contribution in [1.82, 2.24) is 4.98 Å². The molecule has 7 nitrogen and oxygen atoms in total. The molecule has 16 heavy (non-hydrogen) atoms. The van der Waals surface area contributed by atoms with Gasteiger partial charge in [0.05, 0.1) is 5.03 Å². The molecule has 10 heteroatoms. The van der Waals surface area contributed by atoms with Crippen LogP contribution in [-0.2, 0) is 9.13 Å². The maximum absolute atomic E-state index is 8.74. The molecule has 0 unspecified atom stereocenters. The summed E-state index contributed by atoms with van der Waals surface area (Å²) >= 11 is 1.66. The molecule has 1 aromatic rings. The monoisotopic (exact) mass is 289 g/mol. The van der Waals surface area contributed by atoms with Crippen molar-refractivity contribution >= 4 is 28.3 Å². The SMILES string of the molecule is CSc1ccccn1.O=[PH](O)O.O=[PH](O)O. The highest BCUT2D eigenvalue weighted by Crippen LogP contribution is 2.07. The standard InChI is InChI=1S/C6H7NS.2H3O3P/c1-8-6-4-2-3-5-7-6;2*1-4(2)3/h2-5H,1H3;2*4H,(H2,1,2,3). The van der Waals surface area contributed by atoms with Crippen molar-refractivity contribution in [3.63, 3.8) is 0 Å². The lowest BCUT2D eigenvalue weighted by atomic mass is 10.5. The van der Waals surface area contributed by atoms with Gasteiger partial charge in [-0.2, -0.15) is 0 Å². The molecule has 94 valence electrons. The molecule has 0 saturated heterocycles. The lowest BCUT2D eigenvalue weighted by Crippen LogP contribution is -1.71. The third kappa shape index (κ3) is 23.5. The molecule has 1 aromatic heterocycles. The van der Waals surface area contributed by atoms with E-state index in [4.69, 9.17) is 28.7 Å². The third-order valence-corrected chi connectivity index (χ3v) is 1.51. The first-order valence-corrected chi connectivity index (χ1v) is 7.52. The quantitative estimate of drug-likeness (QED) is 0.435. The molecule has 4 N–H and O–H groups in total. The molecule has 0 fully saturated rings. The largest absolute Gasteiger partial charge is 0.326 e. The van der Waals surface area contributed by atoms with Gasteiger partial charge in [0.25, 0.3) is 0 Å². The van der Waals surface area contributed by atoms with Crippen LogP contribution in [-0.4, -0.2) is 30.8 Å². The van der Waals surface area contributed by atoms with Crippen LogP contribution in [0.15, 0.2) is 29.4 Å². The van der Waals surface area contributed by atoms with Gasteiger partial charge in [-0.25, -0.2) is 4.98 Å². The van der Waals surface area contributed by atoms with Gasteiger partial charge in [-0.05, 0) is 18.4 Å². The van der Waals surface area contributed by atoms with Crippen LogP contribution < -0.4 is 0 Å². The van der Waals surface area contributed by atoms with E-state index in [-0.39, 0.29) is 0 Å². The van der Waals surface area contributed by atoms with E-state index in [1.54, 1.807) is 18.0 Å². The Morgan fingerprint density at radius 3 is 1.75 bits per heavy atom. The predicted octanol–water partition coefficient (Wildman–Crippen LogP) is 0.525. The second-order valence-electron chi connectivity index (χ2n) is 1.94. The molecular formula is C6H13NO6P2S. The van der Waals surface area contributed by atoms with E-state index in [1.165, 1.54) is 0 Å². The van der Waals surface area contributed by atoms with Crippen LogP contribution >= 0.6 is 28.3 Å². The van der Waals surface area contributed by atoms with Crippen molar-refractivity contribution < 1.29 is 28.7 Å². The van der Waals surface area contributed by atoms with Crippen molar-refractivity contribution in [1.29, 1.82) is 0 Å². The van der Waals surface area contributed by atoms with E-state index in [2.05, 4.69) is 4.98 Å². The zero-order chi connectivity index (χ0) is 13.0. The fourth-order valence-corrected chi connectivity index (χ4v) is 0.849. The second-order valence-corrected chi connectivity index (χ2v) is 3.89. The lowest BCUT2D eigenvalue weighted by molar-refractivity contribution is 0.403. The van der Waals surface area contributed by atoms with Gasteiger partial charge in [0.15, 0.2) is 0 Å². The summed E-state index contributed by atoms with van der Waals surface area (Å²) in [5.74, 6) is 0. The normalized spacial score (nSPS) is 8.94. The Balaban J connectivity index is 0. The zero-order valence-electron chi connectivity index (χ0n) is 8.27. The number of pyridine rings is 1. The zero-order valence-corrected chi connectivity index (χ0v) is 11.1. The van der Waals surface area contributed by atoms with Crippen molar-refractivity contribution in [2.45, 2.75) is 5.03 Å². The van der Waals surface area contributed by atoms with Crippen molar-refractivity contribution in [3.8, 4) is 0 Å². The van der Waals surface area contributed by atoms with Crippen LogP contribution in [0.4, 0.5) is 0 Å². The summed E-state index contributed by atoms with van der Waals surface area (Å²) in [6, 6.07) is 5.89. The summed E-state index contributed by atoms with van der Waals surface area (Å²) in [5, 5.41) is 1.08. The second kappa shape index (κ2) is 12.9. The third-order valence-electron chi connectivity index (χ3n) is 0.847. The molecule has 0 aliphatic carbocycles. The Morgan fingerprint density at radius 2 is 1.56 bits per heavy atom. The number of rotatable bonds is 1. The van der Waals surface area contributed by atoms with Crippen molar-refractivity contribution in [3.05, 3.63) is 24.4 Å². The molecule has 1 rings (SSSR count). The first-order chi connectivity index (χ1) is 7.40. The summed E-state index contributed by atoms with van der Waals surface area (Å²) in [4.78, 5) is 32.7.